The standard InChI is InChI=1S/C24H34N4O3/c25-12-4-13-28(22-5-2-1-3-6-22)24(30)8-7-23(29)27-15-10-21(11-16-27)9-14-26-17-19-31-20-18-26/h1-3,5-6,21H,4,7-11,13-20H2. The van der Waals surface area contributed by atoms with Crippen LogP contribution in [0.4, 0.5) is 5.69 Å². The zero-order valence-corrected chi connectivity index (χ0v) is 18.4. The quantitative estimate of drug-likeness (QED) is 0.607. The molecule has 2 amide bonds. The topological polar surface area (TPSA) is 76.9 Å². The van der Waals surface area contributed by atoms with Gasteiger partial charge in [-0.15, -0.1) is 0 Å². The van der Waals surface area contributed by atoms with Crippen LogP contribution in [0.2, 0.25) is 0 Å². The molecular formula is C24H34N4O3. The number of morpholine rings is 1. The molecule has 168 valence electrons. The van der Waals surface area contributed by atoms with E-state index in [2.05, 4.69) is 11.0 Å². The summed E-state index contributed by atoms with van der Waals surface area (Å²) in [6.07, 6.45) is 3.95. The van der Waals surface area contributed by atoms with E-state index in [0.29, 0.717) is 12.5 Å². The molecular weight excluding hydrogens is 392 g/mol. The Morgan fingerprint density at radius 2 is 1.77 bits per heavy atom. The van der Waals surface area contributed by atoms with Gasteiger partial charge in [0.25, 0.3) is 0 Å². The lowest BCUT2D eigenvalue weighted by atomic mass is 9.93. The Bertz CT molecular complexity index is 735. The number of hydrogen-bond donors (Lipinski definition) is 0. The molecule has 0 atom stereocenters. The first-order valence-corrected chi connectivity index (χ1v) is 11.5. The molecule has 2 heterocycles. The smallest absolute Gasteiger partial charge is 0.227 e. The summed E-state index contributed by atoms with van der Waals surface area (Å²) in [6, 6.07) is 11.5. The van der Waals surface area contributed by atoms with Crippen LogP contribution < -0.4 is 4.90 Å². The molecule has 7 nitrogen and oxygen atoms in total. The van der Waals surface area contributed by atoms with E-state index in [1.165, 1.54) is 6.42 Å². The van der Waals surface area contributed by atoms with Gasteiger partial charge in [-0.2, -0.15) is 5.26 Å². The molecule has 1 aromatic carbocycles. The predicted molar refractivity (Wildman–Crippen MR) is 119 cm³/mol. The van der Waals surface area contributed by atoms with Crippen LogP contribution in [0.5, 0.6) is 0 Å². The lowest BCUT2D eigenvalue weighted by Crippen LogP contribution is -2.41. The molecule has 0 aliphatic carbocycles. The average Bonchev–Trinajstić information content (AvgIpc) is 2.83. The van der Waals surface area contributed by atoms with Crippen LogP contribution in [-0.2, 0) is 14.3 Å². The van der Waals surface area contributed by atoms with E-state index in [9.17, 15) is 9.59 Å². The molecule has 31 heavy (non-hydrogen) atoms. The van der Waals surface area contributed by atoms with Crippen LogP contribution in [0, 0.1) is 17.2 Å². The Morgan fingerprint density at radius 1 is 1.06 bits per heavy atom. The predicted octanol–water partition coefficient (Wildman–Crippen LogP) is 2.67. The van der Waals surface area contributed by atoms with Crippen molar-refractivity contribution in [1.82, 2.24) is 9.80 Å². The largest absolute Gasteiger partial charge is 0.379 e. The monoisotopic (exact) mass is 426 g/mol. The fourth-order valence-corrected chi connectivity index (χ4v) is 4.34. The van der Waals surface area contributed by atoms with Gasteiger partial charge in [0.2, 0.25) is 11.8 Å². The van der Waals surface area contributed by atoms with Gasteiger partial charge in [0.15, 0.2) is 0 Å². The maximum absolute atomic E-state index is 12.8. The molecule has 0 N–H and O–H groups in total. The first kappa shape index (κ1) is 23.2. The van der Waals surface area contributed by atoms with Gasteiger partial charge in [0.05, 0.1) is 25.7 Å². The number of carbonyl (C=O) groups excluding carboxylic acids is 2. The Kier molecular flexibility index (Phi) is 9.32. The van der Waals surface area contributed by atoms with Crippen LogP contribution in [0.1, 0.15) is 38.5 Å². The molecule has 0 bridgehead atoms. The van der Waals surface area contributed by atoms with Crippen molar-refractivity contribution in [2.75, 3.05) is 57.4 Å². The minimum absolute atomic E-state index is 0.0632. The summed E-state index contributed by atoms with van der Waals surface area (Å²) in [5.74, 6) is 0.636. The van der Waals surface area contributed by atoms with E-state index in [1.807, 2.05) is 35.2 Å². The Balaban J connectivity index is 1.39. The number of nitriles is 1. The SMILES string of the molecule is N#CCCN(C(=O)CCC(=O)N1CCC(CCN2CCOCC2)CC1)c1ccccc1. The van der Waals surface area contributed by atoms with Crippen molar-refractivity contribution in [3.05, 3.63) is 30.3 Å². The number of rotatable bonds is 9. The van der Waals surface area contributed by atoms with Crippen LogP contribution in [0.15, 0.2) is 30.3 Å². The number of nitrogens with zero attached hydrogens (tertiary/aromatic N) is 4. The molecule has 2 saturated heterocycles. The van der Waals surface area contributed by atoms with E-state index in [1.54, 1.807) is 4.90 Å². The number of para-hydroxylation sites is 1. The number of likely N-dealkylation sites (tertiary alicyclic amines) is 1. The summed E-state index contributed by atoms with van der Waals surface area (Å²) < 4.78 is 5.40. The fraction of sp³-hybridized carbons (Fsp3) is 0.625. The number of anilines is 1. The molecule has 3 rings (SSSR count). The number of ether oxygens (including phenoxy) is 1. The summed E-state index contributed by atoms with van der Waals surface area (Å²) in [5.41, 5.74) is 0.774. The second-order valence-corrected chi connectivity index (χ2v) is 8.36. The zero-order valence-electron chi connectivity index (χ0n) is 18.4. The van der Waals surface area contributed by atoms with E-state index in [-0.39, 0.29) is 31.1 Å². The van der Waals surface area contributed by atoms with E-state index in [0.717, 1.165) is 64.5 Å². The van der Waals surface area contributed by atoms with Gasteiger partial charge in [0, 0.05) is 51.3 Å². The molecule has 0 unspecified atom stereocenters. The van der Waals surface area contributed by atoms with Crippen molar-refractivity contribution in [3.8, 4) is 6.07 Å². The van der Waals surface area contributed by atoms with E-state index >= 15 is 0 Å². The van der Waals surface area contributed by atoms with Crippen molar-refractivity contribution in [1.29, 1.82) is 5.26 Å². The van der Waals surface area contributed by atoms with Gasteiger partial charge in [-0.1, -0.05) is 18.2 Å². The normalized spacial score (nSPS) is 17.8. The number of piperidine rings is 1. The highest BCUT2D eigenvalue weighted by atomic mass is 16.5. The second kappa shape index (κ2) is 12.4. The number of hydrogen-bond acceptors (Lipinski definition) is 5. The van der Waals surface area contributed by atoms with Crippen LogP contribution in [-0.4, -0.2) is 74.1 Å². The maximum atomic E-state index is 12.8. The molecule has 2 aliphatic heterocycles. The fourth-order valence-electron chi connectivity index (χ4n) is 4.34. The third-order valence-corrected chi connectivity index (χ3v) is 6.29. The second-order valence-electron chi connectivity index (χ2n) is 8.36. The molecule has 0 radical (unpaired) electrons. The third kappa shape index (κ3) is 7.34. The average molecular weight is 427 g/mol. The first-order valence-electron chi connectivity index (χ1n) is 11.5. The first-order chi connectivity index (χ1) is 15.2. The summed E-state index contributed by atoms with van der Waals surface area (Å²) in [5, 5.41) is 8.91. The van der Waals surface area contributed by atoms with Crippen LogP contribution in [0.3, 0.4) is 0 Å². The van der Waals surface area contributed by atoms with Gasteiger partial charge in [-0.05, 0) is 43.9 Å². The number of carbonyl (C=O) groups is 2. The van der Waals surface area contributed by atoms with Gasteiger partial charge in [-0.25, -0.2) is 0 Å². The highest BCUT2D eigenvalue weighted by molar-refractivity contribution is 5.95. The minimum atomic E-state index is -0.102. The van der Waals surface area contributed by atoms with Crippen molar-refractivity contribution >= 4 is 17.5 Å². The summed E-state index contributed by atoms with van der Waals surface area (Å²) in [7, 11) is 0. The van der Waals surface area contributed by atoms with Crippen molar-refractivity contribution < 1.29 is 14.3 Å². The van der Waals surface area contributed by atoms with Crippen molar-refractivity contribution in [3.63, 3.8) is 0 Å². The Hall–Kier alpha value is -2.43. The van der Waals surface area contributed by atoms with Gasteiger partial charge in [0.1, 0.15) is 0 Å². The summed E-state index contributed by atoms with van der Waals surface area (Å²) >= 11 is 0. The maximum Gasteiger partial charge on any atom is 0.227 e. The number of benzene rings is 1. The van der Waals surface area contributed by atoms with Crippen molar-refractivity contribution in [2.24, 2.45) is 5.92 Å². The summed E-state index contributed by atoms with van der Waals surface area (Å²) in [6.45, 7) is 6.78. The third-order valence-electron chi connectivity index (χ3n) is 6.29. The Morgan fingerprint density at radius 3 is 2.45 bits per heavy atom. The minimum Gasteiger partial charge on any atom is -0.379 e. The molecule has 7 heteroatoms. The molecule has 0 spiro atoms. The lowest BCUT2D eigenvalue weighted by molar-refractivity contribution is -0.134. The number of amides is 2. The molecule has 2 aliphatic rings. The van der Waals surface area contributed by atoms with Crippen LogP contribution >= 0.6 is 0 Å². The molecule has 0 saturated carbocycles. The Labute approximate surface area is 185 Å². The van der Waals surface area contributed by atoms with Gasteiger partial charge >= 0.3 is 0 Å². The van der Waals surface area contributed by atoms with Gasteiger partial charge < -0.3 is 14.5 Å². The lowest BCUT2D eigenvalue weighted by Gasteiger charge is -2.34. The molecule has 0 aromatic heterocycles. The van der Waals surface area contributed by atoms with Crippen molar-refractivity contribution in [2.45, 2.75) is 38.5 Å². The molecule has 1 aromatic rings. The highest BCUT2D eigenvalue weighted by Crippen LogP contribution is 2.22. The van der Waals surface area contributed by atoms with Crippen LogP contribution in [0.25, 0.3) is 0 Å². The van der Waals surface area contributed by atoms with Gasteiger partial charge in [-0.3, -0.25) is 14.5 Å². The molecule has 2 fully saturated rings. The summed E-state index contributed by atoms with van der Waals surface area (Å²) in [4.78, 5) is 31.4. The van der Waals surface area contributed by atoms with E-state index in [4.69, 9.17) is 10.00 Å². The zero-order chi connectivity index (χ0) is 21.9. The van der Waals surface area contributed by atoms with E-state index < -0.39 is 0 Å². The highest BCUT2D eigenvalue weighted by Gasteiger charge is 2.24.